The molecule has 1 amide bonds. The number of nitrogens with two attached hydrogens (primary N) is 1. The molecule has 0 aromatic carbocycles. The van der Waals surface area contributed by atoms with Crippen molar-refractivity contribution in [2.75, 3.05) is 44.7 Å². The summed E-state index contributed by atoms with van der Waals surface area (Å²) in [6.07, 6.45) is 0. The third-order valence-corrected chi connectivity index (χ3v) is 3.74. The Morgan fingerprint density at radius 3 is 2.47 bits per heavy atom. The molecule has 1 saturated heterocycles. The highest BCUT2D eigenvalue weighted by Crippen LogP contribution is 2.06. The maximum Gasteiger partial charge on any atom is 0.321 e. The van der Waals surface area contributed by atoms with Crippen LogP contribution in [0.3, 0.4) is 0 Å². The maximum absolute atomic E-state index is 11.8. The van der Waals surface area contributed by atoms with Crippen molar-refractivity contribution in [1.82, 2.24) is 9.80 Å². The van der Waals surface area contributed by atoms with Crippen LogP contribution in [0.4, 0.5) is 0 Å². The molecule has 1 aliphatic heterocycles. The molecule has 0 aromatic rings. The van der Waals surface area contributed by atoms with Crippen LogP contribution in [0.15, 0.2) is 0 Å². The number of carbonyl (C=O) groups excluding carboxylic acids is 1. The van der Waals surface area contributed by atoms with Gasteiger partial charge in [-0.25, -0.2) is 0 Å². The summed E-state index contributed by atoms with van der Waals surface area (Å²) in [5.41, 5.74) is 5.35. The first kappa shape index (κ1) is 14.3. The Morgan fingerprint density at radius 2 is 1.94 bits per heavy atom. The van der Waals surface area contributed by atoms with Crippen LogP contribution in [0.1, 0.15) is 0 Å². The molecule has 3 N–H and O–H groups in total. The number of hydrogen-bond donors (Lipinski definition) is 2. The Hall–Kier alpha value is -0.790. The quantitative estimate of drug-likeness (QED) is 0.653. The molecule has 1 heterocycles. The molecule has 6 nitrogen and oxygen atoms in total. The van der Waals surface area contributed by atoms with Gasteiger partial charge in [0, 0.05) is 31.9 Å². The van der Waals surface area contributed by atoms with E-state index < -0.39 is 12.0 Å². The number of likely N-dealkylation sites (N-methyl/N-ethyl adjacent to an activating group) is 1. The summed E-state index contributed by atoms with van der Waals surface area (Å²) in [7, 11) is 2.03. The highest BCUT2D eigenvalue weighted by Gasteiger charge is 2.19. The lowest BCUT2D eigenvalue weighted by Gasteiger charge is -2.32. The van der Waals surface area contributed by atoms with Gasteiger partial charge in [-0.1, -0.05) is 0 Å². The number of amides is 1. The normalized spacial score (nSPS) is 19.1. The lowest BCUT2D eigenvalue weighted by Crippen LogP contribution is -2.47. The molecule has 1 atom stereocenters. The molecular formula is C10H19N3O3S. The van der Waals surface area contributed by atoms with E-state index in [0.717, 1.165) is 26.2 Å². The summed E-state index contributed by atoms with van der Waals surface area (Å²) in [4.78, 5) is 26.2. The second kappa shape index (κ2) is 6.83. The number of thioether (sulfide) groups is 1. The van der Waals surface area contributed by atoms with Gasteiger partial charge in [0.15, 0.2) is 0 Å². The first-order chi connectivity index (χ1) is 8.00. The fourth-order valence-corrected chi connectivity index (χ4v) is 2.36. The fourth-order valence-electron chi connectivity index (χ4n) is 1.49. The van der Waals surface area contributed by atoms with Gasteiger partial charge in [-0.3, -0.25) is 9.59 Å². The van der Waals surface area contributed by atoms with Gasteiger partial charge in [0.25, 0.3) is 0 Å². The zero-order valence-electron chi connectivity index (χ0n) is 9.96. The van der Waals surface area contributed by atoms with E-state index in [1.165, 1.54) is 11.8 Å². The number of hydrogen-bond acceptors (Lipinski definition) is 5. The molecule has 7 heteroatoms. The molecule has 98 valence electrons. The number of carbonyl (C=O) groups is 2. The first-order valence-electron chi connectivity index (χ1n) is 5.53. The van der Waals surface area contributed by atoms with E-state index in [1.807, 2.05) is 11.9 Å². The SMILES string of the molecule is CN1CCN(C(=O)CSCC(N)C(=O)O)CC1. The van der Waals surface area contributed by atoms with Crippen LogP contribution in [0, 0.1) is 0 Å². The third-order valence-electron chi connectivity index (χ3n) is 2.70. The van der Waals surface area contributed by atoms with E-state index in [2.05, 4.69) is 4.90 Å². The van der Waals surface area contributed by atoms with Crippen LogP contribution in [0.5, 0.6) is 0 Å². The molecular weight excluding hydrogens is 242 g/mol. The van der Waals surface area contributed by atoms with Crippen LogP contribution in [0.25, 0.3) is 0 Å². The number of piperazine rings is 1. The zero-order chi connectivity index (χ0) is 12.8. The van der Waals surface area contributed by atoms with Crippen molar-refractivity contribution >= 4 is 23.6 Å². The van der Waals surface area contributed by atoms with Crippen LogP contribution in [0.2, 0.25) is 0 Å². The largest absolute Gasteiger partial charge is 0.480 e. The predicted molar refractivity (Wildman–Crippen MR) is 67.0 cm³/mol. The molecule has 1 unspecified atom stereocenters. The third kappa shape index (κ3) is 4.93. The van der Waals surface area contributed by atoms with Crippen molar-refractivity contribution in [1.29, 1.82) is 0 Å². The van der Waals surface area contributed by atoms with Crippen molar-refractivity contribution in [3.63, 3.8) is 0 Å². The zero-order valence-corrected chi connectivity index (χ0v) is 10.8. The summed E-state index contributed by atoms with van der Waals surface area (Å²) in [5.74, 6) is -0.371. The van der Waals surface area contributed by atoms with Crippen molar-refractivity contribution in [2.45, 2.75) is 6.04 Å². The Labute approximate surface area is 105 Å². The summed E-state index contributed by atoms with van der Waals surface area (Å²) >= 11 is 1.28. The van der Waals surface area contributed by atoms with Gasteiger partial charge < -0.3 is 20.6 Å². The van der Waals surface area contributed by atoms with Crippen molar-refractivity contribution < 1.29 is 14.7 Å². The highest BCUT2D eigenvalue weighted by atomic mass is 32.2. The molecule has 0 saturated carbocycles. The molecule has 17 heavy (non-hydrogen) atoms. The van der Waals surface area contributed by atoms with Gasteiger partial charge in [0.05, 0.1) is 5.75 Å². The highest BCUT2D eigenvalue weighted by molar-refractivity contribution is 8.00. The Bertz CT molecular complexity index is 280. The number of aliphatic carboxylic acids is 1. The van der Waals surface area contributed by atoms with E-state index >= 15 is 0 Å². The van der Waals surface area contributed by atoms with Gasteiger partial charge in [-0.05, 0) is 7.05 Å². The van der Waals surface area contributed by atoms with Crippen LogP contribution < -0.4 is 5.73 Å². The van der Waals surface area contributed by atoms with Gasteiger partial charge >= 0.3 is 5.97 Å². The minimum absolute atomic E-state index is 0.0701. The van der Waals surface area contributed by atoms with E-state index in [4.69, 9.17) is 10.8 Å². The summed E-state index contributed by atoms with van der Waals surface area (Å²) in [5, 5.41) is 8.59. The second-order valence-electron chi connectivity index (χ2n) is 4.14. The molecule has 0 aliphatic carbocycles. The summed E-state index contributed by atoms with van der Waals surface area (Å²) in [6.45, 7) is 3.29. The van der Waals surface area contributed by atoms with Gasteiger partial charge in [0.2, 0.25) is 5.91 Å². The molecule has 1 fully saturated rings. The van der Waals surface area contributed by atoms with Crippen molar-refractivity contribution in [3.8, 4) is 0 Å². The minimum Gasteiger partial charge on any atom is -0.480 e. The van der Waals surface area contributed by atoms with Crippen LogP contribution in [-0.4, -0.2) is 77.6 Å². The molecule has 1 aliphatic rings. The average Bonchev–Trinajstić information content (AvgIpc) is 2.29. The summed E-state index contributed by atoms with van der Waals surface area (Å²) < 4.78 is 0. The summed E-state index contributed by atoms with van der Waals surface area (Å²) in [6, 6.07) is -0.889. The first-order valence-corrected chi connectivity index (χ1v) is 6.68. The average molecular weight is 261 g/mol. The van der Waals surface area contributed by atoms with E-state index in [-0.39, 0.29) is 11.7 Å². The molecule has 0 bridgehead atoms. The standard InChI is InChI=1S/C10H19N3O3S/c1-12-2-4-13(5-3-12)9(14)7-17-6-8(11)10(15)16/h8H,2-7,11H2,1H3,(H,15,16). The lowest BCUT2D eigenvalue weighted by molar-refractivity contribution is -0.138. The number of carboxylic acid groups (broad SMARTS) is 1. The topological polar surface area (TPSA) is 86.9 Å². The Balaban J connectivity index is 2.19. The van der Waals surface area contributed by atoms with Crippen molar-refractivity contribution in [3.05, 3.63) is 0 Å². The smallest absolute Gasteiger partial charge is 0.321 e. The Kier molecular flexibility index (Phi) is 5.73. The van der Waals surface area contributed by atoms with Crippen LogP contribution >= 0.6 is 11.8 Å². The minimum atomic E-state index is -1.02. The molecule has 0 spiro atoms. The van der Waals surface area contributed by atoms with Gasteiger partial charge in [-0.2, -0.15) is 0 Å². The lowest BCUT2D eigenvalue weighted by atomic mass is 10.3. The predicted octanol–water partition coefficient (Wildman–Crippen LogP) is -1.09. The molecule has 0 aromatic heterocycles. The maximum atomic E-state index is 11.8. The van der Waals surface area contributed by atoms with E-state index in [1.54, 1.807) is 0 Å². The number of nitrogens with zero attached hydrogens (tertiary/aromatic N) is 2. The fraction of sp³-hybridized carbons (Fsp3) is 0.800. The number of carboxylic acids is 1. The van der Waals surface area contributed by atoms with Gasteiger partial charge in [-0.15, -0.1) is 11.8 Å². The van der Waals surface area contributed by atoms with Gasteiger partial charge in [0.1, 0.15) is 6.04 Å². The van der Waals surface area contributed by atoms with Crippen LogP contribution in [-0.2, 0) is 9.59 Å². The Morgan fingerprint density at radius 1 is 1.35 bits per heavy atom. The molecule has 1 rings (SSSR count). The number of rotatable bonds is 5. The van der Waals surface area contributed by atoms with E-state index in [9.17, 15) is 9.59 Å². The molecule has 0 radical (unpaired) electrons. The monoisotopic (exact) mass is 261 g/mol. The van der Waals surface area contributed by atoms with E-state index in [0.29, 0.717) is 5.75 Å². The van der Waals surface area contributed by atoms with Crippen molar-refractivity contribution in [2.24, 2.45) is 5.73 Å². The second-order valence-corrected chi connectivity index (χ2v) is 5.17.